The van der Waals surface area contributed by atoms with Crippen molar-refractivity contribution in [3.8, 4) is 0 Å². The zero-order valence-corrected chi connectivity index (χ0v) is 8.93. The molecule has 4 nitrogen and oxygen atoms in total. The van der Waals surface area contributed by atoms with E-state index >= 15 is 0 Å². The molecule has 0 radical (unpaired) electrons. The Bertz CT molecular complexity index is 409. The number of carboxylic acid groups (broad SMARTS) is 1. The second kappa shape index (κ2) is 4.77. The fraction of sp³-hybridized carbons (Fsp3) is 0.455. The molecule has 15 heavy (non-hydrogen) atoms. The summed E-state index contributed by atoms with van der Waals surface area (Å²) in [6.07, 6.45) is 2.53. The number of nitrogens with zero attached hydrogens (tertiary/aromatic N) is 1. The van der Waals surface area contributed by atoms with E-state index in [0.717, 1.165) is 12.5 Å². The molecule has 1 N–H and O–H groups in total. The largest absolute Gasteiger partial charge is 0.478 e. The van der Waals surface area contributed by atoms with Gasteiger partial charge in [-0.05, 0) is 12.0 Å². The van der Waals surface area contributed by atoms with Crippen molar-refractivity contribution in [2.45, 2.75) is 26.8 Å². The summed E-state index contributed by atoms with van der Waals surface area (Å²) in [5.41, 5.74) is -0.212. The van der Waals surface area contributed by atoms with Crippen molar-refractivity contribution in [2.75, 3.05) is 0 Å². The van der Waals surface area contributed by atoms with Crippen molar-refractivity contribution in [3.05, 3.63) is 34.2 Å². The van der Waals surface area contributed by atoms with E-state index in [4.69, 9.17) is 5.11 Å². The van der Waals surface area contributed by atoms with E-state index in [1.807, 2.05) is 0 Å². The summed E-state index contributed by atoms with van der Waals surface area (Å²) >= 11 is 0. The molecule has 0 amide bonds. The van der Waals surface area contributed by atoms with E-state index in [9.17, 15) is 9.59 Å². The molecular weight excluding hydrogens is 194 g/mol. The van der Waals surface area contributed by atoms with E-state index in [1.54, 1.807) is 4.57 Å². The van der Waals surface area contributed by atoms with Gasteiger partial charge in [0.25, 0.3) is 5.56 Å². The second-order valence-electron chi connectivity index (χ2n) is 3.72. The van der Waals surface area contributed by atoms with Gasteiger partial charge in [-0.1, -0.05) is 20.3 Å². The molecule has 1 aromatic rings. The first-order chi connectivity index (χ1) is 7.04. The highest BCUT2D eigenvalue weighted by Crippen LogP contribution is 2.03. The van der Waals surface area contributed by atoms with Crippen LogP contribution in [0, 0.1) is 5.92 Å². The van der Waals surface area contributed by atoms with E-state index in [-0.39, 0.29) is 11.1 Å². The molecule has 0 aliphatic rings. The molecule has 1 unspecified atom stereocenters. The number of aromatic carboxylic acids is 1. The Morgan fingerprint density at radius 1 is 1.60 bits per heavy atom. The smallest absolute Gasteiger partial charge is 0.335 e. The lowest BCUT2D eigenvalue weighted by Crippen LogP contribution is -2.23. The lowest BCUT2D eigenvalue weighted by molar-refractivity contribution is 0.0696. The van der Waals surface area contributed by atoms with Crippen LogP contribution in [-0.2, 0) is 6.54 Å². The molecule has 0 aliphatic heterocycles. The van der Waals surface area contributed by atoms with E-state index in [0.29, 0.717) is 12.5 Å². The molecule has 1 heterocycles. The molecule has 4 heteroatoms. The van der Waals surface area contributed by atoms with Crippen LogP contribution < -0.4 is 5.56 Å². The van der Waals surface area contributed by atoms with Crippen LogP contribution in [0.25, 0.3) is 0 Å². The molecule has 82 valence electrons. The zero-order valence-electron chi connectivity index (χ0n) is 8.93. The topological polar surface area (TPSA) is 59.3 Å². The summed E-state index contributed by atoms with van der Waals surface area (Å²) in [7, 11) is 0. The third-order valence-corrected chi connectivity index (χ3v) is 2.45. The number of pyridine rings is 1. The monoisotopic (exact) mass is 209 g/mol. The van der Waals surface area contributed by atoms with Gasteiger partial charge < -0.3 is 9.67 Å². The number of hydrogen-bond donors (Lipinski definition) is 1. The van der Waals surface area contributed by atoms with Crippen LogP contribution in [0.2, 0.25) is 0 Å². The molecule has 1 aromatic heterocycles. The van der Waals surface area contributed by atoms with Crippen LogP contribution in [0.3, 0.4) is 0 Å². The Morgan fingerprint density at radius 2 is 2.27 bits per heavy atom. The number of carbonyl (C=O) groups is 1. The third-order valence-electron chi connectivity index (χ3n) is 2.45. The molecule has 0 spiro atoms. The predicted molar refractivity (Wildman–Crippen MR) is 57.1 cm³/mol. The predicted octanol–water partition coefficient (Wildman–Crippen LogP) is 1.59. The van der Waals surface area contributed by atoms with Crippen molar-refractivity contribution < 1.29 is 9.90 Å². The summed E-state index contributed by atoms with van der Waals surface area (Å²) < 4.78 is 1.54. The van der Waals surface area contributed by atoms with Gasteiger partial charge >= 0.3 is 5.97 Å². The maximum Gasteiger partial charge on any atom is 0.335 e. The summed E-state index contributed by atoms with van der Waals surface area (Å²) in [6.45, 7) is 4.74. The highest BCUT2D eigenvalue weighted by molar-refractivity contribution is 5.87. The normalized spacial score (nSPS) is 12.4. The Labute approximate surface area is 88.2 Å². The minimum absolute atomic E-state index is 0.0420. The van der Waals surface area contributed by atoms with Crippen LogP contribution in [0.5, 0.6) is 0 Å². The average Bonchev–Trinajstić information content (AvgIpc) is 2.20. The summed E-state index contributed by atoms with van der Waals surface area (Å²) in [6, 6.07) is 2.61. The molecule has 0 saturated carbocycles. The van der Waals surface area contributed by atoms with Crippen molar-refractivity contribution in [3.63, 3.8) is 0 Å². The maximum atomic E-state index is 11.5. The van der Waals surface area contributed by atoms with Crippen LogP contribution >= 0.6 is 0 Å². The molecule has 0 fully saturated rings. The van der Waals surface area contributed by atoms with Crippen LogP contribution in [0.4, 0.5) is 0 Å². The molecule has 1 rings (SSSR count). The first-order valence-corrected chi connectivity index (χ1v) is 4.98. The van der Waals surface area contributed by atoms with Crippen LogP contribution in [0.1, 0.15) is 30.6 Å². The number of carboxylic acids is 1. The molecule has 0 bridgehead atoms. The first kappa shape index (κ1) is 11.5. The van der Waals surface area contributed by atoms with Gasteiger partial charge in [-0.2, -0.15) is 0 Å². The Morgan fingerprint density at radius 3 is 2.73 bits per heavy atom. The van der Waals surface area contributed by atoms with Gasteiger partial charge in [0.1, 0.15) is 0 Å². The second-order valence-corrected chi connectivity index (χ2v) is 3.72. The number of hydrogen-bond acceptors (Lipinski definition) is 2. The highest BCUT2D eigenvalue weighted by atomic mass is 16.4. The number of rotatable bonds is 4. The van der Waals surface area contributed by atoms with Crippen LogP contribution in [0.15, 0.2) is 23.1 Å². The zero-order chi connectivity index (χ0) is 11.4. The highest BCUT2D eigenvalue weighted by Gasteiger charge is 2.06. The van der Waals surface area contributed by atoms with E-state index in [1.165, 1.54) is 12.3 Å². The average molecular weight is 209 g/mol. The summed E-state index contributed by atoms with van der Waals surface area (Å²) in [5, 5.41) is 8.68. The van der Waals surface area contributed by atoms with Crippen molar-refractivity contribution in [1.29, 1.82) is 0 Å². The van der Waals surface area contributed by atoms with Gasteiger partial charge in [0.2, 0.25) is 0 Å². The SMILES string of the molecule is CCC(C)Cn1ccc(C(=O)O)cc1=O. The Hall–Kier alpha value is -1.58. The molecule has 1 atom stereocenters. The summed E-state index contributed by atoms with van der Waals surface area (Å²) in [4.78, 5) is 22.1. The fourth-order valence-corrected chi connectivity index (χ4v) is 1.26. The molecular formula is C11H15NO3. The molecule has 0 aliphatic carbocycles. The van der Waals surface area contributed by atoms with E-state index < -0.39 is 5.97 Å². The van der Waals surface area contributed by atoms with Crippen LogP contribution in [-0.4, -0.2) is 15.6 Å². The van der Waals surface area contributed by atoms with Crippen molar-refractivity contribution in [1.82, 2.24) is 4.57 Å². The minimum Gasteiger partial charge on any atom is -0.478 e. The van der Waals surface area contributed by atoms with Gasteiger partial charge in [-0.25, -0.2) is 4.79 Å². The Balaban J connectivity index is 2.94. The molecule has 0 saturated heterocycles. The van der Waals surface area contributed by atoms with Gasteiger partial charge in [-0.15, -0.1) is 0 Å². The standard InChI is InChI=1S/C11H15NO3/c1-3-8(2)7-12-5-4-9(11(14)15)6-10(12)13/h4-6,8H,3,7H2,1-2H3,(H,14,15). The Kier molecular flexibility index (Phi) is 3.66. The maximum absolute atomic E-state index is 11.5. The lowest BCUT2D eigenvalue weighted by atomic mass is 10.1. The summed E-state index contributed by atoms with van der Waals surface area (Å²) in [5.74, 6) is -0.652. The third kappa shape index (κ3) is 2.94. The van der Waals surface area contributed by atoms with Crippen molar-refractivity contribution in [2.24, 2.45) is 5.92 Å². The number of aromatic nitrogens is 1. The first-order valence-electron chi connectivity index (χ1n) is 4.98. The molecule has 0 aromatic carbocycles. The fourth-order valence-electron chi connectivity index (χ4n) is 1.26. The van der Waals surface area contributed by atoms with Gasteiger partial charge in [-0.3, -0.25) is 4.79 Å². The quantitative estimate of drug-likeness (QED) is 0.819. The van der Waals surface area contributed by atoms with Gasteiger partial charge in [0.05, 0.1) is 5.56 Å². The van der Waals surface area contributed by atoms with E-state index in [2.05, 4.69) is 13.8 Å². The van der Waals surface area contributed by atoms with Crippen molar-refractivity contribution >= 4 is 5.97 Å². The minimum atomic E-state index is -1.07. The van der Waals surface area contributed by atoms with Gasteiger partial charge in [0, 0.05) is 18.8 Å². The van der Waals surface area contributed by atoms with Gasteiger partial charge in [0.15, 0.2) is 0 Å². The lowest BCUT2D eigenvalue weighted by Gasteiger charge is -2.10.